The standard InChI is InChI=1S/C60H44N2.C34H24.C27H22BrN.C5H12/c1-59(2)53-24-14-12-22-45(53)47-31-30-40(32-55(47)59)61(37-16-6-5-7-17-37)38-26-28-39(29-27-38)62-57-35-49-44-21-11-9-19-42(44)41-18-8-10-20-43(41)48(49)33-51(57)52-34-50-46-23-13-15-25-54(46)60(3,4)56(50)36-58(52)62;1-34(2)32-14-8-7-13-26(32)31-19-28-21(17-33(31)34)15-20-16-29-24-11-5-3-9-22(24)23-10-4-6-12-25(23)30(29)18-27(20)28;1-27(2)25-11-7-6-10-23(25)24-17-16-22(18-26(24)27)29(20-8-4-3-5-9-20)21-14-12-19(28)13-15-21;1-3-5-4-2/h5-36H,1-4H3;3-14,16-19H,15H2,1-2H3;3-18H,1-2H3;3-5H2,1-2H3. The molecule has 0 bridgehead atoms. The van der Waals surface area contributed by atoms with Crippen molar-refractivity contribution in [3.8, 4) is 61.3 Å². The van der Waals surface area contributed by atoms with E-state index >= 15 is 0 Å². The number of aromatic nitrogens is 1. The van der Waals surface area contributed by atoms with Crippen LogP contribution in [0.4, 0.5) is 34.1 Å². The van der Waals surface area contributed by atoms with Crippen molar-refractivity contribution >= 4 is 136 Å². The van der Waals surface area contributed by atoms with Crippen LogP contribution < -0.4 is 9.80 Å². The van der Waals surface area contributed by atoms with Crippen LogP contribution in [-0.4, -0.2) is 4.57 Å². The van der Waals surface area contributed by atoms with Gasteiger partial charge in [0, 0.05) is 76.7 Å². The van der Waals surface area contributed by atoms with Gasteiger partial charge in [0.15, 0.2) is 0 Å². The maximum Gasteiger partial charge on any atom is 0.0547 e. The summed E-state index contributed by atoms with van der Waals surface area (Å²) in [5.74, 6) is 0. The molecule has 1 heterocycles. The van der Waals surface area contributed by atoms with E-state index in [-0.39, 0.29) is 21.7 Å². The van der Waals surface area contributed by atoms with Gasteiger partial charge in [0.1, 0.15) is 0 Å². The highest BCUT2D eigenvalue weighted by Crippen LogP contribution is 2.58. The monoisotopic (exact) mass is 1740 g/mol. The molecule has 0 amide bonds. The number of halogens is 1. The quantitative estimate of drug-likeness (QED) is 0.133. The predicted octanol–water partition coefficient (Wildman–Crippen LogP) is 35.8. The van der Waals surface area contributed by atoms with E-state index in [1.54, 1.807) is 0 Å². The number of benzene rings is 20. The van der Waals surface area contributed by atoms with Gasteiger partial charge in [0.05, 0.1) is 11.0 Å². The molecular weight excluding hydrogens is 1640 g/mol. The van der Waals surface area contributed by atoms with E-state index in [4.69, 9.17) is 0 Å². The summed E-state index contributed by atoms with van der Waals surface area (Å²) in [5, 5.41) is 18.4. The Labute approximate surface area is 771 Å². The number of hydrogen-bond donors (Lipinski definition) is 0. The molecule has 5 aliphatic rings. The Morgan fingerprint density at radius 2 is 0.515 bits per heavy atom. The first-order chi connectivity index (χ1) is 63.3. The van der Waals surface area contributed by atoms with Crippen molar-refractivity contribution in [2.24, 2.45) is 0 Å². The Bertz CT molecular complexity index is 8180. The van der Waals surface area contributed by atoms with Crippen molar-refractivity contribution in [3.05, 3.63) is 448 Å². The van der Waals surface area contributed by atoms with Crippen LogP contribution in [0, 0.1) is 0 Å². The van der Waals surface area contributed by atoms with Gasteiger partial charge in [-0.1, -0.05) is 353 Å². The van der Waals surface area contributed by atoms with Crippen LogP contribution in [-0.2, 0) is 28.1 Å². The van der Waals surface area contributed by atoms with E-state index in [1.807, 2.05) is 0 Å². The predicted molar refractivity (Wildman–Crippen MR) is 559 cm³/mol. The fraction of sp³-hybridized carbons (Fsp3) is 0.143. The lowest BCUT2D eigenvalue weighted by Gasteiger charge is -2.28. The van der Waals surface area contributed by atoms with Gasteiger partial charge in [-0.15, -0.1) is 0 Å². The first-order valence-corrected chi connectivity index (χ1v) is 47.3. The van der Waals surface area contributed by atoms with Gasteiger partial charge in [-0.2, -0.15) is 0 Å². The molecule has 20 aromatic carbocycles. The van der Waals surface area contributed by atoms with E-state index in [9.17, 15) is 0 Å². The van der Waals surface area contributed by atoms with Crippen molar-refractivity contribution in [2.45, 2.75) is 117 Å². The molecule has 0 radical (unpaired) electrons. The van der Waals surface area contributed by atoms with Gasteiger partial charge >= 0.3 is 0 Å². The van der Waals surface area contributed by atoms with E-state index < -0.39 is 0 Å². The zero-order valence-corrected chi connectivity index (χ0v) is 77.1. The highest BCUT2D eigenvalue weighted by molar-refractivity contribution is 9.10. The number of rotatable bonds is 9. The summed E-state index contributed by atoms with van der Waals surface area (Å²) in [7, 11) is 0. The highest BCUT2D eigenvalue weighted by atomic mass is 79.9. The second-order valence-electron chi connectivity index (χ2n) is 38.5. The van der Waals surface area contributed by atoms with Gasteiger partial charge in [0.25, 0.3) is 0 Å². The van der Waals surface area contributed by atoms with Crippen LogP contribution in [0.2, 0.25) is 0 Å². The summed E-state index contributed by atoms with van der Waals surface area (Å²) >= 11 is 3.56. The molecule has 0 fully saturated rings. The molecule has 0 unspecified atom stereocenters. The first-order valence-electron chi connectivity index (χ1n) is 46.5. The Kier molecular flexibility index (Phi) is 19.2. The Hall–Kier alpha value is -14.2. The van der Waals surface area contributed by atoms with E-state index in [1.165, 1.54) is 223 Å². The molecule has 4 heteroatoms. The van der Waals surface area contributed by atoms with Crippen LogP contribution in [0.1, 0.15) is 144 Å². The molecule has 0 spiro atoms. The van der Waals surface area contributed by atoms with Crippen molar-refractivity contribution < 1.29 is 0 Å². The molecule has 0 N–H and O–H groups in total. The summed E-state index contributed by atoms with van der Waals surface area (Å²) in [6.45, 7) is 23.3. The summed E-state index contributed by atoms with van der Waals surface area (Å²) in [6, 6.07) is 144. The SMILES string of the molecule is CC1(C)c2ccccc2-c2cc3c(cc21)Cc1cc2c4ccccc4c4ccccc4c2cc1-3.CC1(C)c2ccccc2-c2ccc(N(c3ccccc3)c3ccc(-n4c5cc6c(cc5c5cc7c8ccccc8c8ccccc8c7cc54)-c4ccccc4C6(C)C)cc3)cc21.CC1(C)c2ccccc2-c2ccc(N(c3ccccc3)c3ccc(Br)cc3)cc21.CCCCC. The average Bonchev–Trinajstić information content (AvgIpc) is 1.53. The molecule has 3 nitrogen and oxygen atoms in total. The molecule has 0 saturated carbocycles. The second kappa shape index (κ2) is 31.1. The maximum absolute atomic E-state index is 3.56. The zero-order valence-electron chi connectivity index (χ0n) is 75.5. The van der Waals surface area contributed by atoms with Crippen molar-refractivity contribution in [1.82, 2.24) is 4.57 Å². The minimum absolute atomic E-state index is 0.00991. The average molecular weight is 1740 g/mol. The summed E-state index contributed by atoms with van der Waals surface area (Å²) in [5.41, 5.74) is 38.2. The van der Waals surface area contributed by atoms with Gasteiger partial charge in [-0.05, 0) is 322 Å². The third-order valence-electron chi connectivity index (χ3n) is 29.6. The largest absolute Gasteiger partial charge is 0.310 e. The molecule has 5 aliphatic carbocycles. The molecule has 0 aliphatic heterocycles. The molecule has 1 aromatic heterocycles. The number of para-hydroxylation sites is 2. The third kappa shape index (κ3) is 12.7. The molecular formula is C126H102BrN3. The highest BCUT2D eigenvalue weighted by Gasteiger charge is 2.41. The Balaban J connectivity index is 0.000000119. The Morgan fingerprint density at radius 3 is 0.946 bits per heavy atom. The van der Waals surface area contributed by atoms with Gasteiger partial charge in [0.2, 0.25) is 0 Å². The lowest BCUT2D eigenvalue weighted by molar-refractivity contribution is 0.659. The topological polar surface area (TPSA) is 11.4 Å². The van der Waals surface area contributed by atoms with Crippen molar-refractivity contribution in [2.75, 3.05) is 9.80 Å². The normalized spacial score (nSPS) is 14.1. The number of fused-ring (bicyclic) bond motifs is 30. The molecule has 26 rings (SSSR count). The van der Waals surface area contributed by atoms with E-state index in [2.05, 4.69) is 488 Å². The first kappa shape index (κ1) is 80.4. The zero-order chi connectivity index (χ0) is 88.2. The lowest BCUT2D eigenvalue weighted by atomic mass is 9.81. The van der Waals surface area contributed by atoms with Crippen LogP contribution in [0.5, 0.6) is 0 Å². The van der Waals surface area contributed by atoms with Gasteiger partial charge in [-0.3, -0.25) is 0 Å². The third-order valence-corrected chi connectivity index (χ3v) is 30.1. The minimum atomic E-state index is -0.121. The van der Waals surface area contributed by atoms with Crippen molar-refractivity contribution in [3.63, 3.8) is 0 Å². The summed E-state index contributed by atoms with van der Waals surface area (Å²) in [4.78, 5) is 4.73. The molecule has 0 atom stereocenters. The molecule has 130 heavy (non-hydrogen) atoms. The maximum atomic E-state index is 3.56. The fourth-order valence-corrected chi connectivity index (χ4v) is 23.3. The Morgan fingerprint density at radius 1 is 0.223 bits per heavy atom. The minimum Gasteiger partial charge on any atom is -0.310 e. The lowest BCUT2D eigenvalue weighted by Crippen LogP contribution is -2.16. The number of anilines is 6. The fourth-order valence-electron chi connectivity index (χ4n) is 23.1. The van der Waals surface area contributed by atoms with Crippen LogP contribution in [0.25, 0.3) is 148 Å². The second-order valence-corrected chi connectivity index (χ2v) is 39.4. The number of unbranched alkanes of at least 4 members (excludes halogenated alkanes) is 2. The number of nitrogens with zero attached hydrogens (tertiary/aromatic N) is 3. The van der Waals surface area contributed by atoms with Crippen LogP contribution in [0.15, 0.2) is 393 Å². The van der Waals surface area contributed by atoms with Crippen LogP contribution in [0.3, 0.4) is 0 Å². The molecule has 21 aromatic rings. The van der Waals surface area contributed by atoms with Crippen molar-refractivity contribution in [1.29, 1.82) is 0 Å². The van der Waals surface area contributed by atoms with E-state index in [0.717, 1.165) is 45.0 Å². The molecule has 0 saturated heterocycles. The summed E-state index contributed by atoms with van der Waals surface area (Å²) < 4.78 is 3.61. The van der Waals surface area contributed by atoms with E-state index in [0.29, 0.717) is 0 Å². The number of hydrogen-bond acceptors (Lipinski definition) is 2. The van der Waals surface area contributed by atoms with Crippen LogP contribution >= 0.6 is 15.9 Å². The summed E-state index contributed by atoms with van der Waals surface area (Å²) in [6.07, 6.45) is 5.09. The molecule has 628 valence electrons. The van der Waals surface area contributed by atoms with Gasteiger partial charge < -0.3 is 14.4 Å². The smallest absolute Gasteiger partial charge is 0.0547 e. The van der Waals surface area contributed by atoms with Gasteiger partial charge in [-0.25, -0.2) is 0 Å².